The largest absolute Gasteiger partial charge is 0.348 e. The van der Waals surface area contributed by atoms with E-state index in [2.05, 4.69) is 17.2 Å². The van der Waals surface area contributed by atoms with Gasteiger partial charge in [-0.15, -0.1) is 5.92 Å². The van der Waals surface area contributed by atoms with E-state index in [0.29, 0.717) is 10.7 Å². The minimum absolute atomic E-state index is 0.00183. The molecule has 0 atom stereocenters. The number of aromatic nitrogens is 2. The molecule has 3 aromatic rings. The molecule has 0 fully saturated rings. The summed E-state index contributed by atoms with van der Waals surface area (Å²) in [6.45, 7) is 1.87. The Hall–Kier alpha value is -3.30. The Kier molecular flexibility index (Phi) is 5.39. The van der Waals surface area contributed by atoms with Crippen molar-refractivity contribution in [3.8, 4) is 11.8 Å². The van der Waals surface area contributed by atoms with E-state index in [1.165, 1.54) is 16.8 Å². The first-order valence-electron chi connectivity index (χ1n) is 8.52. The van der Waals surface area contributed by atoms with Crippen molar-refractivity contribution in [3.63, 3.8) is 0 Å². The fourth-order valence-electron chi connectivity index (χ4n) is 3.05. The summed E-state index contributed by atoms with van der Waals surface area (Å²) in [6, 6.07) is 8.51. The monoisotopic (exact) mass is 395 g/mol. The fourth-order valence-corrected chi connectivity index (χ4v) is 3.17. The summed E-state index contributed by atoms with van der Waals surface area (Å²) in [6.07, 6.45) is 1.44. The smallest absolute Gasteiger partial charge is 0.267 e. The minimum Gasteiger partial charge on any atom is -0.348 e. The zero-order valence-electron chi connectivity index (χ0n) is 15.7. The number of nitrogens with one attached hydrogen (secondary N) is 1. The van der Waals surface area contributed by atoms with Gasteiger partial charge >= 0.3 is 0 Å². The molecule has 2 heterocycles. The third kappa shape index (κ3) is 3.57. The van der Waals surface area contributed by atoms with Crippen LogP contribution in [0.2, 0.25) is 5.02 Å². The van der Waals surface area contributed by atoms with Gasteiger partial charge in [-0.1, -0.05) is 29.7 Å². The molecule has 0 aliphatic rings. The second-order valence-electron chi connectivity index (χ2n) is 6.33. The summed E-state index contributed by atoms with van der Waals surface area (Å²) >= 11 is 5.86. The van der Waals surface area contributed by atoms with Crippen molar-refractivity contribution in [3.05, 3.63) is 78.8 Å². The van der Waals surface area contributed by atoms with Gasteiger partial charge in [-0.3, -0.25) is 19.0 Å². The van der Waals surface area contributed by atoms with Gasteiger partial charge in [0.2, 0.25) is 5.43 Å². The number of halogens is 1. The van der Waals surface area contributed by atoms with Crippen LogP contribution in [-0.2, 0) is 20.6 Å². The summed E-state index contributed by atoms with van der Waals surface area (Å²) in [4.78, 5) is 38.0. The molecule has 0 bridgehead atoms. The Morgan fingerprint density at radius 1 is 1.18 bits per heavy atom. The van der Waals surface area contributed by atoms with E-state index < -0.39 is 11.3 Å². The van der Waals surface area contributed by atoms with Gasteiger partial charge in [0.25, 0.3) is 11.5 Å². The van der Waals surface area contributed by atoms with Crippen molar-refractivity contribution < 1.29 is 4.79 Å². The Morgan fingerprint density at radius 3 is 2.50 bits per heavy atom. The molecular weight excluding hydrogens is 378 g/mol. The minimum atomic E-state index is -0.491. The number of nitrogens with zero attached hydrogens (tertiary/aromatic N) is 2. The Bertz CT molecular complexity index is 1260. The fraction of sp³-hybridized carbons (Fsp3) is 0.190. The lowest BCUT2D eigenvalue weighted by atomic mass is 10.1. The maximum Gasteiger partial charge on any atom is 0.267 e. The Morgan fingerprint density at radius 2 is 1.86 bits per heavy atom. The summed E-state index contributed by atoms with van der Waals surface area (Å²) in [7, 11) is 3.26. The van der Waals surface area contributed by atoms with E-state index in [0.717, 1.165) is 5.56 Å². The number of rotatable bonds is 3. The number of benzene rings is 1. The molecule has 1 amide bonds. The Labute approximate surface area is 166 Å². The van der Waals surface area contributed by atoms with Crippen LogP contribution in [0.4, 0.5) is 0 Å². The van der Waals surface area contributed by atoms with Gasteiger partial charge in [-0.05, 0) is 30.7 Å². The summed E-state index contributed by atoms with van der Waals surface area (Å²) in [5.74, 6) is 4.89. The number of fused-ring (bicyclic) bond motifs is 1. The number of hydrogen-bond donors (Lipinski definition) is 1. The first-order chi connectivity index (χ1) is 13.3. The highest BCUT2D eigenvalue weighted by Gasteiger charge is 2.17. The normalized spacial score (nSPS) is 10.4. The number of carbonyl (C=O) groups excluding carboxylic acids is 1. The van der Waals surface area contributed by atoms with Crippen LogP contribution in [0.3, 0.4) is 0 Å². The second-order valence-corrected chi connectivity index (χ2v) is 6.76. The van der Waals surface area contributed by atoms with Crippen LogP contribution in [0, 0.1) is 11.8 Å². The first kappa shape index (κ1) is 19.5. The van der Waals surface area contributed by atoms with Crippen LogP contribution in [0.15, 0.2) is 46.1 Å². The molecular formula is C21H18ClN3O3. The molecule has 2 aromatic heterocycles. The number of pyridine rings is 2. The number of amides is 1. The number of aryl methyl sites for hydroxylation is 2. The number of hydrogen-bond acceptors (Lipinski definition) is 3. The lowest BCUT2D eigenvalue weighted by Crippen LogP contribution is -2.31. The molecule has 6 nitrogen and oxygen atoms in total. The SMILES string of the molecule is CC#Cc1cc2c(=O)c(C(=O)NCc3ccc(Cl)cc3)cn(C)c2n(C)c1=O. The van der Waals surface area contributed by atoms with E-state index in [9.17, 15) is 14.4 Å². The summed E-state index contributed by atoms with van der Waals surface area (Å²) in [5, 5.41) is 3.61. The third-order valence-electron chi connectivity index (χ3n) is 4.40. The molecule has 0 radical (unpaired) electrons. The molecule has 0 aliphatic carbocycles. The highest BCUT2D eigenvalue weighted by Crippen LogP contribution is 2.11. The van der Waals surface area contributed by atoms with Crippen LogP contribution < -0.4 is 16.3 Å². The van der Waals surface area contributed by atoms with Gasteiger partial charge < -0.3 is 9.88 Å². The Balaban J connectivity index is 2.05. The topological polar surface area (TPSA) is 73.1 Å². The van der Waals surface area contributed by atoms with Crippen molar-refractivity contribution >= 4 is 28.5 Å². The standard InChI is InChI=1S/C21H18ClN3O3/c1-4-5-14-10-16-18(26)17(12-24(2)20(16)25(3)21(14)28)19(27)23-11-13-6-8-15(22)9-7-13/h6-10,12H,11H2,1-3H3,(H,23,27). The van der Waals surface area contributed by atoms with Crippen molar-refractivity contribution in [2.45, 2.75) is 13.5 Å². The highest BCUT2D eigenvalue weighted by atomic mass is 35.5. The molecule has 1 aromatic carbocycles. The van der Waals surface area contributed by atoms with Gasteiger partial charge in [0, 0.05) is 31.9 Å². The summed E-state index contributed by atoms with van der Waals surface area (Å²) < 4.78 is 2.96. The van der Waals surface area contributed by atoms with E-state index in [1.54, 1.807) is 49.9 Å². The van der Waals surface area contributed by atoms with Crippen LogP contribution in [0.25, 0.3) is 11.0 Å². The molecule has 7 heteroatoms. The molecule has 142 valence electrons. The quantitative estimate of drug-likeness (QED) is 0.691. The third-order valence-corrected chi connectivity index (χ3v) is 4.65. The molecule has 0 saturated carbocycles. The van der Waals surface area contributed by atoms with Crippen molar-refractivity contribution in [2.24, 2.45) is 14.1 Å². The van der Waals surface area contributed by atoms with E-state index in [4.69, 9.17) is 11.6 Å². The molecule has 28 heavy (non-hydrogen) atoms. The maximum atomic E-state index is 12.9. The predicted molar refractivity (Wildman–Crippen MR) is 110 cm³/mol. The van der Waals surface area contributed by atoms with E-state index >= 15 is 0 Å². The van der Waals surface area contributed by atoms with E-state index in [-0.39, 0.29) is 28.6 Å². The number of carbonyl (C=O) groups is 1. The predicted octanol–water partition coefficient (Wildman–Crippen LogP) is 2.19. The van der Waals surface area contributed by atoms with Gasteiger partial charge in [0.15, 0.2) is 0 Å². The van der Waals surface area contributed by atoms with Crippen molar-refractivity contribution in [2.75, 3.05) is 0 Å². The average Bonchev–Trinajstić information content (AvgIpc) is 2.67. The average molecular weight is 396 g/mol. The zero-order chi connectivity index (χ0) is 20.4. The van der Waals surface area contributed by atoms with E-state index in [1.807, 2.05) is 0 Å². The molecule has 0 spiro atoms. The molecule has 0 aliphatic heterocycles. The zero-order valence-corrected chi connectivity index (χ0v) is 16.4. The second kappa shape index (κ2) is 7.75. The summed E-state index contributed by atoms with van der Waals surface area (Å²) in [5.41, 5.74) is 0.753. The molecule has 1 N–H and O–H groups in total. The molecule has 3 rings (SSSR count). The van der Waals surface area contributed by atoms with Crippen molar-refractivity contribution in [1.82, 2.24) is 14.5 Å². The van der Waals surface area contributed by atoms with Gasteiger partial charge in [-0.25, -0.2) is 0 Å². The van der Waals surface area contributed by atoms with Crippen LogP contribution in [0.1, 0.15) is 28.4 Å². The maximum absolute atomic E-state index is 12.9. The molecule has 0 saturated heterocycles. The van der Waals surface area contributed by atoms with Gasteiger partial charge in [0.05, 0.1) is 10.9 Å². The highest BCUT2D eigenvalue weighted by molar-refractivity contribution is 6.30. The van der Waals surface area contributed by atoms with Crippen LogP contribution >= 0.6 is 11.6 Å². The van der Waals surface area contributed by atoms with Crippen LogP contribution in [-0.4, -0.2) is 15.0 Å². The lowest BCUT2D eigenvalue weighted by molar-refractivity contribution is 0.0949. The van der Waals surface area contributed by atoms with Gasteiger partial charge in [0.1, 0.15) is 11.2 Å². The lowest BCUT2D eigenvalue weighted by Gasteiger charge is -2.13. The van der Waals surface area contributed by atoms with Crippen molar-refractivity contribution in [1.29, 1.82) is 0 Å². The van der Waals surface area contributed by atoms with Crippen LogP contribution in [0.5, 0.6) is 0 Å². The van der Waals surface area contributed by atoms with Gasteiger partial charge in [-0.2, -0.15) is 0 Å². The molecule has 0 unspecified atom stereocenters. The first-order valence-corrected chi connectivity index (χ1v) is 8.90.